The zero-order chi connectivity index (χ0) is 14.4. The van der Waals surface area contributed by atoms with Crippen molar-refractivity contribution in [3.05, 3.63) is 52.4 Å². The molecule has 0 aliphatic rings. The number of ether oxygens (including phenoxy) is 1. The molecule has 0 aliphatic heterocycles. The van der Waals surface area contributed by atoms with E-state index in [0.29, 0.717) is 12.3 Å². The lowest BCUT2D eigenvalue weighted by Crippen LogP contribution is -2.17. The molecule has 104 valence electrons. The molecule has 0 fully saturated rings. The summed E-state index contributed by atoms with van der Waals surface area (Å²) >= 11 is 0. The zero-order valence-electron chi connectivity index (χ0n) is 11.1. The molecule has 1 aromatic heterocycles. The standard InChI is InChI=1S/C14H15N3O3/c1-2-9-20-11-5-3-10(4-6-11)15-14(19)12-7-8-13(18)17-16-12/h3-8H,2,9H2,1H3,(H,15,19)(H,17,18). The van der Waals surface area contributed by atoms with E-state index in [1.54, 1.807) is 24.3 Å². The van der Waals surface area contributed by atoms with Gasteiger partial charge in [0.15, 0.2) is 0 Å². The van der Waals surface area contributed by atoms with Gasteiger partial charge in [-0.3, -0.25) is 9.59 Å². The van der Waals surface area contributed by atoms with E-state index in [1.165, 1.54) is 12.1 Å². The van der Waals surface area contributed by atoms with Crippen LogP contribution in [-0.2, 0) is 0 Å². The van der Waals surface area contributed by atoms with Crippen molar-refractivity contribution in [2.75, 3.05) is 11.9 Å². The lowest BCUT2D eigenvalue weighted by atomic mass is 10.3. The van der Waals surface area contributed by atoms with Crippen molar-refractivity contribution in [2.24, 2.45) is 0 Å². The first-order chi connectivity index (χ1) is 9.69. The lowest BCUT2D eigenvalue weighted by molar-refractivity contribution is 0.102. The second kappa shape index (κ2) is 6.51. The number of aromatic nitrogens is 2. The summed E-state index contributed by atoms with van der Waals surface area (Å²) in [5.74, 6) is 0.371. The minimum absolute atomic E-state index is 0.149. The highest BCUT2D eigenvalue weighted by atomic mass is 16.5. The van der Waals surface area contributed by atoms with Crippen molar-refractivity contribution in [1.29, 1.82) is 0 Å². The van der Waals surface area contributed by atoms with E-state index in [9.17, 15) is 9.59 Å². The number of aromatic amines is 1. The third kappa shape index (κ3) is 3.68. The number of nitrogens with one attached hydrogen (secondary N) is 2. The Hall–Kier alpha value is -2.63. The van der Waals surface area contributed by atoms with E-state index < -0.39 is 0 Å². The van der Waals surface area contributed by atoms with Gasteiger partial charge in [0.25, 0.3) is 11.5 Å². The van der Waals surface area contributed by atoms with Crippen LogP contribution < -0.4 is 15.6 Å². The van der Waals surface area contributed by atoms with Crippen molar-refractivity contribution in [3.8, 4) is 5.75 Å². The minimum atomic E-state index is -0.386. The summed E-state index contributed by atoms with van der Waals surface area (Å²) in [6.07, 6.45) is 0.941. The molecule has 0 bridgehead atoms. The SMILES string of the molecule is CCCOc1ccc(NC(=O)c2ccc(=O)[nH]n2)cc1. The van der Waals surface area contributed by atoms with Gasteiger partial charge in [-0.2, -0.15) is 5.10 Å². The summed E-state index contributed by atoms with van der Waals surface area (Å²) in [7, 11) is 0. The number of carbonyl (C=O) groups is 1. The number of H-pyrrole nitrogens is 1. The van der Waals surface area contributed by atoms with Crippen LogP contribution in [0.4, 0.5) is 5.69 Å². The van der Waals surface area contributed by atoms with Crippen LogP contribution in [0, 0.1) is 0 Å². The van der Waals surface area contributed by atoms with Crippen LogP contribution in [0.15, 0.2) is 41.2 Å². The van der Waals surface area contributed by atoms with Gasteiger partial charge in [0.2, 0.25) is 0 Å². The van der Waals surface area contributed by atoms with Crippen LogP contribution in [0.2, 0.25) is 0 Å². The predicted octanol–water partition coefficient (Wildman–Crippen LogP) is 1.81. The van der Waals surface area contributed by atoms with Crippen molar-refractivity contribution in [1.82, 2.24) is 10.2 Å². The van der Waals surface area contributed by atoms with Gasteiger partial charge in [-0.1, -0.05) is 6.92 Å². The molecule has 6 nitrogen and oxygen atoms in total. The number of amides is 1. The molecule has 0 aliphatic carbocycles. The van der Waals surface area contributed by atoms with Gasteiger partial charge < -0.3 is 10.1 Å². The molecule has 2 N–H and O–H groups in total. The van der Waals surface area contributed by atoms with Gasteiger partial charge in [-0.15, -0.1) is 0 Å². The van der Waals surface area contributed by atoms with E-state index in [0.717, 1.165) is 12.2 Å². The molecular weight excluding hydrogens is 258 g/mol. The van der Waals surface area contributed by atoms with Crippen molar-refractivity contribution >= 4 is 11.6 Å². The maximum atomic E-state index is 11.9. The van der Waals surface area contributed by atoms with Crippen LogP contribution in [0.5, 0.6) is 5.75 Å². The zero-order valence-corrected chi connectivity index (χ0v) is 11.1. The van der Waals surface area contributed by atoms with Gasteiger partial charge in [-0.25, -0.2) is 5.10 Å². The Morgan fingerprint density at radius 1 is 1.25 bits per heavy atom. The molecule has 1 heterocycles. The Labute approximate surface area is 115 Å². The molecule has 0 saturated heterocycles. The molecular formula is C14H15N3O3. The largest absolute Gasteiger partial charge is 0.494 e. The van der Waals surface area contributed by atoms with E-state index in [1.807, 2.05) is 6.92 Å². The van der Waals surface area contributed by atoms with E-state index in [-0.39, 0.29) is 17.2 Å². The predicted molar refractivity (Wildman–Crippen MR) is 75.0 cm³/mol. The fourth-order valence-electron chi connectivity index (χ4n) is 1.52. The second-order valence-electron chi connectivity index (χ2n) is 4.13. The molecule has 0 unspecified atom stereocenters. The third-order valence-electron chi connectivity index (χ3n) is 2.50. The Morgan fingerprint density at radius 3 is 2.60 bits per heavy atom. The minimum Gasteiger partial charge on any atom is -0.494 e. The molecule has 0 spiro atoms. The first-order valence-corrected chi connectivity index (χ1v) is 6.29. The highest BCUT2D eigenvalue weighted by molar-refractivity contribution is 6.02. The van der Waals surface area contributed by atoms with E-state index in [2.05, 4.69) is 15.5 Å². The molecule has 2 aromatic rings. The Kier molecular flexibility index (Phi) is 4.49. The fraction of sp³-hybridized carbons (Fsp3) is 0.214. The normalized spacial score (nSPS) is 10.1. The number of hydrogen-bond acceptors (Lipinski definition) is 4. The highest BCUT2D eigenvalue weighted by Crippen LogP contribution is 2.16. The average Bonchev–Trinajstić information content (AvgIpc) is 2.47. The fourth-order valence-corrected chi connectivity index (χ4v) is 1.52. The summed E-state index contributed by atoms with van der Waals surface area (Å²) in [6, 6.07) is 9.68. The Bertz CT molecular complexity index is 614. The smallest absolute Gasteiger partial charge is 0.276 e. The highest BCUT2D eigenvalue weighted by Gasteiger charge is 2.07. The van der Waals surface area contributed by atoms with Gasteiger partial charge in [0.05, 0.1) is 6.61 Å². The second-order valence-corrected chi connectivity index (χ2v) is 4.13. The average molecular weight is 273 g/mol. The number of benzene rings is 1. The van der Waals surface area contributed by atoms with Gasteiger partial charge in [-0.05, 0) is 36.8 Å². The molecule has 20 heavy (non-hydrogen) atoms. The maximum absolute atomic E-state index is 11.9. The summed E-state index contributed by atoms with van der Waals surface area (Å²) < 4.78 is 5.45. The summed E-state index contributed by atoms with van der Waals surface area (Å²) in [5.41, 5.74) is 0.432. The Morgan fingerprint density at radius 2 is 2.00 bits per heavy atom. The van der Waals surface area contributed by atoms with Crippen LogP contribution in [0.3, 0.4) is 0 Å². The first-order valence-electron chi connectivity index (χ1n) is 6.29. The molecule has 1 aromatic carbocycles. The molecule has 0 saturated carbocycles. The van der Waals surface area contributed by atoms with Crippen LogP contribution >= 0.6 is 0 Å². The van der Waals surface area contributed by atoms with Crippen LogP contribution in [0.25, 0.3) is 0 Å². The number of carbonyl (C=O) groups excluding carboxylic acids is 1. The quantitative estimate of drug-likeness (QED) is 0.870. The first kappa shape index (κ1) is 13.8. The summed E-state index contributed by atoms with van der Waals surface area (Å²) in [5, 5.41) is 8.55. The Balaban J connectivity index is 2.00. The number of rotatable bonds is 5. The summed E-state index contributed by atoms with van der Waals surface area (Å²) in [4.78, 5) is 22.7. The monoisotopic (exact) mass is 273 g/mol. The third-order valence-corrected chi connectivity index (χ3v) is 2.50. The van der Waals surface area contributed by atoms with Crippen LogP contribution in [-0.4, -0.2) is 22.7 Å². The van der Waals surface area contributed by atoms with Crippen molar-refractivity contribution in [3.63, 3.8) is 0 Å². The van der Waals surface area contributed by atoms with Gasteiger partial charge in [0, 0.05) is 11.8 Å². The lowest BCUT2D eigenvalue weighted by Gasteiger charge is -2.07. The summed E-state index contributed by atoms with van der Waals surface area (Å²) in [6.45, 7) is 2.69. The van der Waals surface area contributed by atoms with Crippen LogP contribution in [0.1, 0.15) is 23.8 Å². The van der Waals surface area contributed by atoms with Gasteiger partial charge in [0.1, 0.15) is 11.4 Å². The molecule has 6 heteroatoms. The molecule has 1 amide bonds. The molecule has 2 rings (SSSR count). The number of anilines is 1. The molecule has 0 atom stereocenters. The van der Waals surface area contributed by atoms with E-state index in [4.69, 9.17) is 4.74 Å². The molecule has 0 radical (unpaired) electrons. The van der Waals surface area contributed by atoms with Crippen molar-refractivity contribution in [2.45, 2.75) is 13.3 Å². The maximum Gasteiger partial charge on any atom is 0.276 e. The number of nitrogens with zero attached hydrogens (tertiary/aromatic N) is 1. The topological polar surface area (TPSA) is 84.1 Å². The number of hydrogen-bond donors (Lipinski definition) is 2. The van der Waals surface area contributed by atoms with Gasteiger partial charge >= 0.3 is 0 Å². The van der Waals surface area contributed by atoms with E-state index >= 15 is 0 Å². The van der Waals surface area contributed by atoms with Crippen molar-refractivity contribution < 1.29 is 9.53 Å².